The molecule has 1 aromatic rings. The van der Waals surface area contributed by atoms with Crippen molar-refractivity contribution in [1.29, 1.82) is 0 Å². The zero-order valence-electron chi connectivity index (χ0n) is 11.0. The standard InChI is InChI=1S/C12H21N3O2S/c1-12(2,3)7-8-14-10-5-4-6-11(9-10)15-18(13,16)17/h4-6,9,14-15H,7-8H2,1-3H3,(H2,13,16,17). The average molecular weight is 271 g/mol. The molecule has 0 radical (unpaired) electrons. The van der Waals surface area contributed by atoms with E-state index in [1.54, 1.807) is 18.2 Å². The van der Waals surface area contributed by atoms with Gasteiger partial charge in [-0.1, -0.05) is 26.8 Å². The van der Waals surface area contributed by atoms with Crippen LogP contribution in [0.15, 0.2) is 24.3 Å². The van der Waals surface area contributed by atoms with Crippen molar-refractivity contribution < 1.29 is 8.42 Å². The van der Waals surface area contributed by atoms with E-state index in [0.717, 1.165) is 18.7 Å². The van der Waals surface area contributed by atoms with Gasteiger partial charge < -0.3 is 5.32 Å². The summed E-state index contributed by atoms with van der Waals surface area (Å²) in [5.74, 6) is 0. The van der Waals surface area contributed by atoms with E-state index in [4.69, 9.17) is 5.14 Å². The number of hydrogen-bond donors (Lipinski definition) is 3. The second kappa shape index (κ2) is 5.58. The van der Waals surface area contributed by atoms with E-state index in [9.17, 15) is 8.42 Å². The molecule has 0 saturated heterocycles. The molecular formula is C12H21N3O2S. The van der Waals surface area contributed by atoms with Crippen molar-refractivity contribution >= 4 is 21.6 Å². The van der Waals surface area contributed by atoms with E-state index in [1.807, 2.05) is 6.07 Å². The molecule has 1 rings (SSSR count). The fourth-order valence-corrected chi connectivity index (χ4v) is 1.89. The molecule has 4 N–H and O–H groups in total. The van der Waals surface area contributed by atoms with E-state index < -0.39 is 10.2 Å². The SMILES string of the molecule is CC(C)(C)CCNc1cccc(NS(N)(=O)=O)c1. The van der Waals surface area contributed by atoms with Gasteiger partial charge in [0.1, 0.15) is 0 Å². The molecule has 0 heterocycles. The third-order valence-corrected chi connectivity index (χ3v) is 2.85. The summed E-state index contributed by atoms with van der Waals surface area (Å²) in [4.78, 5) is 0. The number of nitrogens with two attached hydrogens (primary N) is 1. The highest BCUT2D eigenvalue weighted by atomic mass is 32.2. The number of rotatable bonds is 5. The van der Waals surface area contributed by atoms with Crippen molar-refractivity contribution in [1.82, 2.24) is 0 Å². The van der Waals surface area contributed by atoms with Crippen LogP contribution in [0.2, 0.25) is 0 Å². The van der Waals surface area contributed by atoms with E-state index >= 15 is 0 Å². The van der Waals surface area contributed by atoms with E-state index in [1.165, 1.54) is 0 Å². The van der Waals surface area contributed by atoms with Gasteiger partial charge in [-0.05, 0) is 30.0 Å². The van der Waals surface area contributed by atoms with Gasteiger partial charge in [-0.15, -0.1) is 0 Å². The molecule has 0 bridgehead atoms. The van der Waals surface area contributed by atoms with Crippen LogP contribution >= 0.6 is 0 Å². The lowest BCUT2D eigenvalue weighted by molar-refractivity contribution is 0.390. The Morgan fingerprint density at radius 3 is 2.39 bits per heavy atom. The molecule has 0 amide bonds. The summed E-state index contributed by atoms with van der Waals surface area (Å²) >= 11 is 0. The predicted octanol–water partition coefficient (Wildman–Crippen LogP) is 2.15. The lowest BCUT2D eigenvalue weighted by Gasteiger charge is -2.18. The van der Waals surface area contributed by atoms with E-state index in [0.29, 0.717) is 5.69 Å². The Hall–Kier alpha value is -1.27. The van der Waals surface area contributed by atoms with Gasteiger partial charge in [0.25, 0.3) is 10.2 Å². The van der Waals surface area contributed by atoms with Crippen LogP contribution in [0, 0.1) is 5.41 Å². The van der Waals surface area contributed by atoms with Crippen molar-refractivity contribution in [3.8, 4) is 0 Å². The van der Waals surface area contributed by atoms with Crippen LogP contribution in [0.4, 0.5) is 11.4 Å². The van der Waals surface area contributed by atoms with Gasteiger partial charge in [0.05, 0.1) is 5.69 Å². The smallest absolute Gasteiger partial charge is 0.296 e. The molecule has 0 aliphatic carbocycles. The van der Waals surface area contributed by atoms with Crippen LogP contribution in [0.1, 0.15) is 27.2 Å². The molecule has 0 aliphatic rings. The van der Waals surface area contributed by atoms with E-state index in [2.05, 4.69) is 30.8 Å². The van der Waals surface area contributed by atoms with Crippen molar-refractivity contribution in [2.75, 3.05) is 16.6 Å². The molecule has 1 aromatic carbocycles. The number of nitrogens with one attached hydrogen (secondary N) is 2. The van der Waals surface area contributed by atoms with Crippen LogP contribution < -0.4 is 15.2 Å². The molecule has 0 spiro atoms. The van der Waals surface area contributed by atoms with Crippen LogP contribution in [0.3, 0.4) is 0 Å². The zero-order valence-corrected chi connectivity index (χ0v) is 11.8. The van der Waals surface area contributed by atoms with Gasteiger partial charge in [-0.25, -0.2) is 5.14 Å². The third kappa shape index (κ3) is 6.46. The summed E-state index contributed by atoms with van der Waals surface area (Å²) in [5.41, 5.74) is 1.59. The second-order valence-electron chi connectivity index (χ2n) is 5.47. The Kier molecular flexibility index (Phi) is 4.59. The minimum Gasteiger partial charge on any atom is -0.385 e. The first-order valence-electron chi connectivity index (χ1n) is 5.80. The Morgan fingerprint density at radius 2 is 1.83 bits per heavy atom. The maximum Gasteiger partial charge on any atom is 0.296 e. The minimum absolute atomic E-state index is 0.267. The summed E-state index contributed by atoms with van der Waals surface area (Å²) < 4.78 is 24.0. The molecule has 102 valence electrons. The van der Waals surface area contributed by atoms with Gasteiger partial charge in [0.15, 0.2) is 0 Å². The first-order chi connectivity index (χ1) is 8.16. The van der Waals surface area contributed by atoms with Gasteiger partial charge >= 0.3 is 0 Å². The van der Waals surface area contributed by atoms with Crippen molar-refractivity contribution in [2.24, 2.45) is 10.6 Å². The second-order valence-corrected chi connectivity index (χ2v) is 6.76. The topological polar surface area (TPSA) is 84.2 Å². The molecule has 0 aromatic heterocycles. The molecule has 0 saturated carbocycles. The molecule has 0 aliphatic heterocycles. The largest absolute Gasteiger partial charge is 0.385 e. The molecule has 0 fully saturated rings. The lowest BCUT2D eigenvalue weighted by Crippen LogP contribution is -2.21. The molecule has 6 heteroatoms. The summed E-state index contributed by atoms with van der Waals surface area (Å²) in [6, 6.07) is 7.02. The Balaban J connectivity index is 2.60. The monoisotopic (exact) mass is 271 g/mol. The Morgan fingerprint density at radius 1 is 1.22 bits per heavy atom. The summed E-state index contributed by atoms with van der Waals surface area (Å²) in [5, 5.41) is 8.17. The fourth-order valence-electron chi connectivity index (χ4n) is 1.44. The van der Waals surface area contributed by atoms with Crippen molar-refractivity contribution in [3.05, 3.63) is 24.3 Å². The molecule has 18 heavy (non-hydrogen) atoms. The molecule has 5 nitrogen and oxygen atoms in total. The normalized spacial score (nSPS) is 12.2. The van der Waals surface area contributed by atoms with Gasteiger partial charge in [-0.2, -0.15) is 8.42 Å². The third-order valence-electron chi connectivity index (χ3n) is 2.33. The maximum absolute atomic E-state index is 10.9. The summed E-state index contributed by atoms with van der Waals surface area (Å²) in [7, 11) is -3.72. The van der Waals surface area contributed by atoms with Gasteiger partial charge in [0.2, 0.25) is 0 Å². The highest BCUT2D eigenvalue weighted by molar-refractivity contribution is 7.90. The number of anilines is 2. The van der Waals surface area contributed by atoms with Gasteiger partial charge in [0, 0.05) is 12.2 Å². The molecular weight excluding hydrogens is 250 g/mol. The fraction of sp³-hybridized carbons (Fsp3) is 0.500. The Labute approximate surface area is 109 Å². The Bertz CT molecular complexity index is 492. The summed E-state index contributed by atoms with van der Waals surface area (Å²) in [6.07, 6.45) is 1.03. The molecule has 0 unspecified atom stereocenters. The lowest BCUT2D eigenvalue weighted by atomic mass is 9.92. The first kappa shape index (κ1) is 14.8. The van der Waals surface area contributed by atoms with Gasteiger partial charge in [-0.3, -0.25) is 4.72 Å². The van der Waals surface area contributed by atoms with Crippen LogP contribution in [0.5, 0.6) is 0 Å². The quantitative estimate of drug-likeness (QED) is 0.767. The minimum atomic E-state index is -3.72. The van der Waals surface area contributed by atoms with Crippen molar-refractivity contribution in [3.63, 3.8) is 0 Å². The average Bonchev–Trinajstić information content (AvgIpc) is 2.13. The predicted molar refractivity (Wildman–Crippen MR) is 75.7 cm³/mol. The van der Waals surface area contributed by atoms with Crippen LogP contribution in [-0.4, -0.2) is 15.0 Å². The highest BCUT2D eigenvalue weighted by Crippen LogP contribution is 2.20. The number of benzene rings is 1. The number of hydrogen-bond acceptors (Lipinski definition) is 3. The van der Waals surface area contributed by atoms with Crippen LogP contribution in [-0.2, 0) is 10.2 Å². The maximum atomic E-state index is 10.9. The van der Waals surface area contributed by atoms with Crippen LogP contribution in [0.25, 0.3) is 0 Å². The van der Waals surface area contributed by atoms with Crippen molar-refractivity contribution in [2.45, 2.75) is 27.2 Å². The first-order valence-corrected chi connectivity index (χ1v) is 7.35. The molecule has 0 atom stereocenters. The summed E-state index contributed by atoms with van der Waals surface area (Å²) in [6.45, 7) is 7.36. The highest BCUT2D eigenvalue weighted by Gasteiger charge is 2.09. The van der Waals surface area contributed by atoms with E-state index in [-0.39, 0.29) is 5.41 Å². The zero-order chi connectivity index (χ0) is 13.8.